The second kappa shape index (κ2) is 5.77. The van der Waals surface area contributed by atoms with Crippen molar-refractivity contribution in [3.63, 3.8) is 0 Å². The smallest absolute Gasteiger partial charge is 0.200 e. The van der Waals surface area contributed by atoms with Gasteiger partial charge < -0.3 is 5.73 Å². The normalized spacial score (nSPS) is 12.5. The molecule has 2 N–H and O–H groups in total. The first kappa shape index (κ1) is 15.4. The summed E-state index contributed by atoms with van der Waals surface area (Å²) in [5.41, 5.74) is 5.71. The molecule has 0 aliphatic rings. The Bertz CT molecular complexity index is 658. The van der Waals surface area contributed by atoms with Crippen LogP contribution in [-0.2, 0) is 6.42 Å². The maximum atomic E-state index is 13.6. The van der Waals surface area contributed by atoms with E-state index in [0.29, 0.717) is 11.3 Å². The van der Waals surface area contributed by atoms with Gasteiger partial charge in [-0.15, -0.1) is 0 Å². The maximum Gasteiger partial charge on any atom is 0.200 e. The molecule has 1 aromatic carbocycles. The van der Waals surface area contributed by atoms with E-state index in [2.05, 4.69) is 4.98 Å². The van der Waals surface area contributed by atoms with E-state index < -0.39 is 40.7 Å². The number of benzene rings is 1. The van der Waals surface area contributed by atoms with Crippen LogP contribution in [0.2, 0.25) is 0 Å². The van der Waals surface area contributed by atoms with Gasteiger partial charge in [0.05, 0.1) is 0 Å². The molecule has 0 aliphatic carbocycles. The van der Waals surface area contributed by atoms with Gasteiger partial charge >= 0.3 is 0 Å². The molecule has 0 spiro atoms. The van der Waals surface area contributed by atoms with Gasteiger partial charge in [0.25, 0.3) is 0 Å². The molecule has 0 saturated heterocycles. The van der Waals surface area contributed by atoms with Crippen LogP contribution in [0.15, 0.2) is 18.3 Å². The van der Waals surface area contributed by atoms with Crippen LogP contribution in [0.1, 0.15) is 22.9 Å². The van der Waals surface area contributed by atoms with E-state index in [-0.39, 0.29) is 6.42 Å². The highest BCUT2D eigenvalue weighted by Gasteiger charge is 2.29. The second-order valence-electron chi connectivity index (χ2n) is 4.56. The number of aromatic nitrogens is 1. The minimum atomic E-state index is -2.20. The predicted molar refractivity (Wildman–Crippen MR) is 65.8 cm³/mol. The van der Waals surface area contributed by atoms with E-state index in [4.69, 9.17) is 5.73 Å². The fraction of sp³-hybridized carbons (Fsp3) is 0.214. The zero-order chi connectivity index (χ0) is 15.7. The molecule has 1 unspecified atom stereocenters. The molecular weight excluding hydrogens is 291 g/mol. The van der Waals surface area contributed by atoms with Crippen LogP contribution in [0.4, 0.5) is 22.0 Å². The lowest BCUT2D eigenvalue weighted by Crippen LogP contribution is -2.20. The van der Waals surface area contributed by atoms with Crippen molar-refractivity contribution in [3.8, 4) is 0 Å². The fourth-order valence-corrected chi connectivity index (χ4v) is 1.99. The molecule has 2 rings (SSSR count). The maximum absolute atomic E-state index is 13.6. The van der Waals surface area contributed by atoms with Crippen molar-refractivity contribution >= 4 is 0 Å². The SMILES string of the molecule is Cc1cccnc1CC(N)c1c(F)c(F)c(F)c(F)c1F. The minimum absolute atomic E-state index is 0.148. The molecule has 21 heavy (non-hydrogen) atoms. The highest BCUT2D eigenvalue weighted by atomic mass is 19.2. The Morgan fingerprint density at radius 2 is 1.52 bits per heavy atom. The van der Waals surface area contributed by atoms with Crippen molar-refractivity contribution in [1.29, 1.82) is 0 Å². The quantitative estimate of drug-likeness (QED) is 0.536. The Labute approximate surface area is 117 Å². The van der Waals surface area contributed by atoms with E-state index in [1.54, 1.807) is 19.1 Å². The molecule has 0 saturated carbocycles. The molecule has 1 aromatic heterocycles. The molecule has 0 fully saturated rings. The topological polar surface area (TPSA) is 38.9 Å². The molecule has 7 heteroatoms. The number of halogens is 5. The Morgan fingerprint density at radius 1 is 1.00 bits per heavy atom. The van der Waals surface area contributed by atoms with Gasteiger partial charge in [0.1, 0.15) is 0 Å². The van der Waals surface area contributed by atoms with Crippen molar-refractivity contribution in [1.82, 2.24) is 4.98 Å². The van der Waals surface area contributed by atoms with Gasteiger partial charge in [-0.05, 0) is 18.6 Å². The zero-order valence-corrected chi connectivity index (χ0v) is 10.9. The number of rotatable bonds is 3. The lowest BCUT2D eigenvalue weighted by molar-refractivity contribution is 0.363. The molecule has 1 heterocycles. The molecule has 2 aromatic rings. The molecular formula is C14H11F5N2. The Morgan fingerprint density at radius 3 is 2.05 bits per heavy atom. The molecule has 0 radical (unpaired) electrons. The van der Waals surface area contributed by atoms with Crippen LogP contribution in [0, 0.1) is 36.0 Å². The first-order valence-corrected chi connectivity index (χ1v) is 6.02. The summed E-state index contributed by atoms with van der Waals surface area (Å²) >= 11 is 0. The van der Waals surface area contributed by atoms with Crippen LogP contribution in [0.3, 0.4) is 0 Å². The molecule has 112 valence electrons. The Hall–Kier alpha value is -2.02. The lowest BCUT2D eigenvalue weighted by Gasteiger charge is -2.16. The summed E-state index contributed by atoms with van der Waals surface area (Å²) in [5.74, 6) is -10.0. The fourth-order valence-electron chi connectivity index (χ4n) is 1.99. The van der Waals surface area contributed by atoms with Gasteiger partial charge in [-0.25, -0.2) is 22.0 Å². The van der Waals surface area contributed by atoms with Crippen LogP contribution in [0.5, 0.6) is 0 Å². The molecule has 0 aliphatic heterocycles. The summed E-state index contributed by atoms with van der Waals surface area (Å²) in [5, 5.41) is 0. The third kappa shape index (κ3) is 2.73. The number of nitrogens with two attached hydrogens (primary N) is 1. The highest BCUT2D eigenvalue weighted by molar-refractivity contribution is 5.29. The van der Waals surface area contributed by atoms with E-state index >= 15 is 0 Å². The Kier molecular flexibility index (Phi) is 4.22. The summed E-state index contributed by atoms with van der Waals surface area (Å²) < 4.78 is 66.5. The highest BCUT2D eigenvalue weighted by Crippen LogP contribution is 2.28. The van der Waals surface area contributed by atoms with Crippen LogP contribution >= 0.6 is 0 Å². The number of aryl methyl sites for hydroxylation is 1. The summed E-state index contributed by atoms with van der Waals surface area (Å²) in [6.45, 7) is 1.70. The third-order valence-electron chi connectivity index (χ3n) is 3.15. The molecule has 0 bridgehead atoms. The number of hydrogen-bond acceptors (Lipinski definition) is 2. The Balaban J connectivity index is 2.45. The van der Waals surface area contributed by atoms with E-state index in [1.807, 2.05) is 0 Å². The van der Waals surface area contributed by atoms with Gasteiger partial charge in [0, 0.05) is 29.9 Å². The lowest BCUT2D eigenvalue weighted by atomic mass is 9.99. The monoisotopic (exact) mass is 302 g/mol. The summed E-state index contributed by atoms with van der Waals surface area (Å²) in [6.07, 6.45) is 1.30. The summed E-state index contributed by atoms with van der Waals surface area (Å²) in [7, 11) is 0. The van der Waals surface area contributed by atoms with E-state index in [1.165, 1.54) is 6.20 Å². The molecule has 2 nitrogen and oxygen atoms in total. The number of hydrogen-bond donors (Lipinski definition) is 1. The molecule has 1 atom stereocenters. The van der Waals surface area contributed by atoms with Crippen molar-refractivity contribution in [2.75, 3.05) is 0 Å². The van der Waals surface area contributed by atoms with Gasteiger partial charge in [0.15, 0.2) is 23.3 Å². The first-order chi connectivity index (χ1) is 9.84. The summed E-state index contributed by atoms with van der Waals surface area (Å²) in [6, 6.07) is 1.96. The number of nitrogens with zero attached hydrogens (tertiary/aromatic N) is 1. The van der Waals surface area contributed by atoms with Crippen LogP contribution in [0.25, 0.3) is 0 Å². The standard InChI is InChI=1S/C14H11F5N2/c1-6-3-2-4-21-8(6)5-7(20)9-10(15)12(17)14(19)13(18)11(9)16/h2-4,7H,5,20H2,1H3. The van der Waals surface area contributed by atoms with Crippen LogP contribution in [-0.4, -0.2) is 4.98 Å². The zero-order valence-electron chi connectivity index (χ0n) is 10.9. The van der Waals surface area contributed by atoms with Gasteiger partial charge in [-0.2, -0.15) is 0 Å². The van der Waals surface area contributed by atoms with Gasteiger partial charge in [-0.1, -0.05) is 6.07 Å². The van der Waals surface area contributed by atoms with Gasteiger partial charge in [-0.3, -0.25) is 4.98 Å². The first-order valence-electron chi connectivity index (χ1n) is 6.02. The largest absolute Gasteiger partial charge is 0.323 e. The number of pyridine rings is 1. The van der Waals surface area contributed by atoms with Crippen LogP contribution < -0.4 is 5.73 Å². The van der Waals surface area contributed by atoms with E-state index in [9.17, 15) is 22.0 Å². The predicted octanol–water partition coefficient (Wildman–Crippen LogP) is 3.33. The second-order valence-corrected chi connectivity index (χ2v) is 4.56. The van der Waals surface area contributed by atoms with E-state index in [0.717, 1.165) is 0 Å². The van der Waals surface area contributed by atoms with Crippen molar-refractivity contribution in [2.45, 2.75) is 19.4 Å². The van der Waals surface area contributed by atoms with Crippen molar-refractivity contribution in [3.05, 3.63) is 64.2 Å². The average molecular weight is 302 g/mol. The summed E-state index contributed by atoms with van der Waals surface area (Å²) in [4.78, 5) is 3.98. The minimum Gasteiger partial charge on any atom is -0.323 e. The van der Waals surface area contributed by atoms with Gasteiger partial charge in [0.2, 0.25) is 5.82 Å². The third-order valence-corrected chi connectivity index (χ3v) is 3.15. The average Bonchev–Trinajstić information content (AvgIpc) is 2.46. The molecule has 0 amide bonds. The van der Waals surface area contributed by atoms with Crippen molar-refractivity contribution < 1.29 is 22.0 Å². The van der Waals surface area contributed by atoms with Crippen molar-refractivity contribution in [2.24, 2.45) is 5.73 Å².